The van der Waals surface area contributed by atoms with Crippen LogP contribution in [0.3, 0.4) is 0 Å². The maximum absolute atomic E-state index is 3.78. The summed E-state index contributed by atoms with van der Waals surface area (Å²) in [6.07, 6.45) is 3.89. The molecule has 0 aliphatic carbocycles. The van der Waals surface area contributed by atoms with Crippen molar-refractivity contribution >= 4 is 0 Å². The number of hydrogen-bond donors (Lipinski definition) is 2. The highest BCUT2D eigenvalue weighted by Crippen LogP contribution is 2.32. The highest BCUT2D eigenvalue weighted by molar-refractivity contribution is 5.20. The number of benzene rings is 1. The van der Waals surface area contributed by atoms with Crippen molar-refractivity contribution in [1.29, 1.82) is 0 Å². The van der Waals surface area contributed by atoms with E-state index in [1.54, 1.807) is 0 Å². The fourth-order valence-electron chi connectivity index (χ4n) is 3.31. The molecular weight excluding hydrogens is 196 g/mol. The largest absolute Gasteiger partial charge is 0.315 e. The van der Waals surface area contributed by atoms with Crippen molar-refractivity contribution in [3.8, 4) is 0 Å². The molecule has 2 heterocycles. The molecule has 3 rings (SSSR count). The summed E-state index contributed by atoms with van der Waals surface area (Å²) in [4.78, 5) is 0. The predicted molar refractivity (Wildman–Crippen MR) is 66.5 cm³/mol. The molecule has 0 saturated carbocycles. The van der Waals surface area contributed by atoms with Crippen molar-refractivity contribution in [2.45, 2.75) is 24.8 Å². The number of fused-ring (bicyclic) bond motifs is 1. The summed E-state index contributed by atoms with van der Waals surface area (Å²) in [5.41, 5.74) is 1.80. The van der Waals surface area contributed by atoms with E-state index in [0.29, 0.717) is 5.54 Å². The third-order valence-electron chi connectivity index (χ3n) is 4.18. The molecule has 2 fully saturated rings. The SMILES string of the molecule is c1ccc(C[C@@]23CNCC2CCCN3)cc1. The van der Waals surface area contributed by atoms with Gasteiger partial charge in [0.1, 0.15) is 0 Å². The Morgan fingerprint density at radius 3 is 3.00 bits per heavy atom. The monoisotopic (exact) mass is 216 g/mol. The van der Waals surface area contributed by atoms with Crippen molar-refractivity contribution in [2.75, 3.05) is 19.6 Å². The molecule has 0 aromatic heterocycles. The highest BCUT2D eigenvalue weighted by Gasteiger charge is 2.43. The predicted octanol–water partition coefficient (Wildman–Crippen LogP) is 1.57. The van der Waals surface area contributed by atoms with Gasteiger partial charge in [-0.15, -0.1) is 0 Å². The van der Waals surface area contributed by atoms with Crippen LogP contribution in [0.5, 0.6) is 0 Å². The van der Waals surface area contributed by atoms with E-state index in [-0.39, 0.29) is 0 Å². The minimum Gasteiger partial charge on any atom is -0.315 e. The molecule has 2 saturated heterocycles. The summed E-state index contributed by atoms with van der Waals surface area (Å²) in [5, 5.41) is 7.34. The van der Waals surface area contributed by atoms with E-state index in [0.717, 1.165) is 12.5 Å². The first kappa shape index (κ1) is 10.3. The fourth-order valence-corrected chi connectivity index (χ4v) is 3.31. The van der Waals surface area contributed by atoms with Gasteiger partial charge in [-0.3, -0.25) is 0 Å². The van der Waals surface area contributed by atoms with Gasteiger partial charge in [-0.1, -0.05) is 30.3 Å². The molecule has 2 heteroatoms. The lowest BCUT2D eigenvalue weighted by Crippen LogP contribution is -2.56. The second-order valence-electron chi connectivity index (χ2n) is 5.22. The first-order chi connectivity index (χ1) is 7.89. The van der Waals surface area contributed by atoms with Gasteiger partial charge in [0.2, 0.25) is 0 Å². The Hall–Kier alpha value is -0.860. The lowest BCUT2D eigenvalue weighted by Gasteiger charge is -2.40. The topological polar surface area (TPSA) is 24.1 Å². The Morgan fingerprint density at radius 1 is 1.25 bits per heavy atom. The maximum atomic E-state index is 3.78. The molecule has 1 unspecified atom stereocenters. The van der Waals surface area contributed by atoms with Crippen LogP contribution in [0.15, 0.2) is 30.3 Å². The Balaban J connectivity index is 1.81. The minimum absolute atomic E-state index is 0.333. The Morgan fingerprint density at radius 2 is 2.12 bits per heavy atom. The third kappa shape index (κ3) is 1.76. The molecule has 0 spiro atoms. The molecule has 2 N–H and O–H groups in total. The minimum atomic E-state index is 0.333. The van der Waals surface area contributed by atoms with Crippen LogP contribution < -0.4 is 10.6 Å². The molecule has 0 radical (unpaired) electrons. The summed E-state index contributed by atoms with van der Waals surface area (Å²) >= 11 is 0. The maximum Gasteiger partial charge on any atom is 0.0387 e. The molecule has 16 heavy (non-hydrogen) atoms. The van der Waals surface area contributed by atoms with E-state index in [1.807, 2.05) is 0 Å². The Kier molecular flexibility index (Phi) is 2.70. The number of hydrogen-bond acceptors (Lipinski definition) is 2. The molecule has 86 valence electrons. The molecule has 0 bridgehead atoms. The van der Waals surface area contributed by atoms with Crippen LogP contribution in [0.1, 0.15) is 18.4 Å². The third-order valence-corrected chi connectivity index (χ3v) is 4.18. The zero-order chi connectivity index (χ0) is 10.8. The number of rotatable bonds is 2. The lowest BCUT2D eigenvalue weighted by atomic mass is 9.77. The highest BCUT2D eigenvalue weighted by atomic mass is 15.1. The Bertz CT molecular complexity index is 349. The van der Waals surface area contributed by atoms with Crippen LogP contribution in [0.25, 0.3) is 0 Å². The zero-order valence-electron chi connectivity index (χ0n) is 9.71. The van der Waals surface area contributed by atoms with E-state index in [9.17, 15) is 0 Å². The van der Waals surface area contributed by atoms with Gasteiger partial charge in [0.25, 0.3) is 0 Å². The first-order valence-electron chi connectivity index (χ1n) is 6.39. The molecule has 2 aliphatic heterocycles. The average molecular weight is 216 g/mol. The van der Waals surface area contributed by atoms with E-state index < -0.39 is 0 Å². The molecule has 2 aliphatic rings. The lowest BCUT2D eigenvalue weighted by molar-refractivity contribution is 0.209. The summed E-state index contributed by atoms with van der Waals surface area (Å²) in [6.45, 7) is 3.51. The number of nitrogens with one attached hydrogen (secondary N) is 2. The fraction of sp³-hybridized carbons (Fsp3) is 0.571. The van der Waals surface area contributed by atoms with Gasteiger partial charge in [-0.2, -0.15) is 0 Å². The van der Waals surface area contributed by atoms with Crippen LogP contribution in [-0.4, -0.2) is 25.2 Å². The first-order valence-corrected chi connectivity index (χ1v) is 6.39. The average Bonchev–Trinajstić information content (AvgIpc) is 2.73. The smallest absolute Gasteiger partial charge is 0.0387 e. The van der Waals surface area contributed by atoms with E-state index >= 15 is 0 Å². The van der Waals surface area contributed by atoms with Crippen molar-refractivity contribution in [3.05, 3.63) is 35.9 Å². The molecule has 1 aromatic rings. The van der Waals surface area contributed by atoms with Gasteiger partial charge in [0.05, 0.1) is 0 Å². The summed E-state index contributed by atoms with van der Waals surface area (Å²) in [5.74, 6) is 0.821. The van der Waals surface area contributed by atoms with Crippen molar-refractivity contribution in [1.82, 2.24) is 10.6 Å². The van der Waals surface area contributed by atoms with Crippen molar-refractivity contribution in [3.63, 3.8) is 0 Å². The van der Waals surface area contributed by atoms with Crippen LogP contribution in [-0.2, 0) is 6.42 Å². The summed E-state index contributed by atoms with van der Waals surface area (Å²) in [7, 11) is 0. The summed E-state index contributed by atoms with van der Waals surface area (Å²) in [6, 6.07) is 10.9. The second kappa shape index (κ2) is 4.19. The van der Waals surface area contributed by atoms with Crippen LogP contribution in [0.4, 0.5) is 0 Å². The van der Waals surface area contributed by atoms with Gasteiger partial charge < -0.3 is 10.6 Å². The normalized spacial score (nSPS) is 33.6. The van der Waals surface area contributed by atoms with Gasteiger partial charge in [-0.25, -0.2) is 0 Å². The van der Waals surface area contributed by atoms with Gasteiger partial charge >= 0.3 is 0 Å². The molecule has 0 amide bonds. The van der Waals surface area contributed by atoms with Crippen LogP contribution in [0, 0.1) is 5.92 Å². The van der Waals surface area contributed by atoms with Gasteiger partial charge in [0.15, 0.2) is 0 Å². The molecular formula is C14H20N2. The van der Waals surface area contributed by atoms with Gasteiger partial charge in [-0.05, 0) is 43.8 Å². The standard InChI is InChI=1S/C14H20N2/c1-2-5-12(6-3-1)9-14-11-15-10-13(14)7-4-8-16-14/h1-3,5-6,13,15-16H,4,7-11H2/t13?,14-/m1/s1. The van der Waals surface area contributed by atoms with Gasteiger partial charge in [0, 0.05) is 12.1 Å². The van der Waals surface area contributed by atoms with E-state index in [2.05, 4.69) is 41.0 Å². The second-order valence-corrected chi connectivity index (χ2v) is 5.22. The molecule has 2 nitrogen and oxygen atoms in total. The van der Waals surface area contributed by atoms with Crippen LogP contribution in [0.2, 0.25) is 0 Å². The van der Waals surface area contributed by atoms with E-state index in [4.69, 9.17) is 0 Å². The van der Waals surface area contributed by atoms with Crippen molar-refractivity contribution < 1.29 is 0 Å². The van der Waals surface area contributed by atoms with E-state index in [1.165, 1.54) is 37.9 Å². The molecule has 2 atom stereocenters. The Labute approximate surface area is 97.4 Å². The number of piperidine rings is 1. The molecule has 1 aromatic carbocycles. The van der Waals surface area contributed by atoms with Crippen molar-refractivity contribution in [2.24, 2.45) is 5.92 Å². The quantitative estimate of drug-likeness (QED) is 0.784. The van der Waals surface area contributed by atoms with Crippen LogP contribution >= 0.6 is 0 Å². The summed E-state index contributed by atoms with van der Waals surface area (Å²) < 4.78 is 0. The zero-order valence-corrected chi connectivity index (χ0v) is 9.71.